The van der Waals surface area contributed by atoms with Crippen LogP contribution in [-0.2, 0) is 10.0 Å². The Morgan fingerprint density at radius 2 is 1.79 bits per heavy atom. The largest absolute Gasteiger partial charge is 0.461 e. The zero-order valence-electron chi connectivity index (χ0n) is 16.1. The monoisotopic (exact) mass is 414 g/mol. The number of nitrogens with one attached hydrogen (secondary N) is 1. The van der Waals surface area contributed by atoms with E-state index >= 15 is 0 Å². The topological polar surface area (TPSA) is 119 Å². The first-order valence-corrected chi connectivity index (χ1v) is 10.5. The molecule has 8 nitrogen and oxygen atoms in total. The van der Waals surface area contributed by atoms with Gasteiger partial charge >= 0.3 is 0 Å². The van der Waals surface area contributed by atoms with Crippen molar-refractivity contribution < 1.29 is 17.6 Å². The molecule has 0 saturated heterocycles. The van der Waals surface area contributed by atoms with Gasteiger partial charge in [-0.05, 0) is 48.5 Å². The van der Waals surface area contributed by atoms with Crippen LogP contribution in [0.3, 0.4) is 0 Å². The highest BCUT2D eigenvalue weighted by Gasteiger charge is 2.21. The first kappa shape index (κ1) is 20.6. The molecule has 2 heterocycles. The summed E-state index contributed by atoms with van der Waals surface area (Å²) in [5, 5.41) is 3.05. The molecule has 0 saturated carbocycles. The van der Waals surface area contributed by atoms with E-state index < -0.39 is 10.0 Å². The molecule has 0 fully saturated rings. The molecule has 1 aromatic carbocycles. The summed E-state index contributed by atoms with van der Waals surface area (Å²) in [4.78, 5) is 16.8. The van der Waals surface area contributed by atoms with Crippen LogP contribution >= 0.6 is 0 Å². The number of carbonyl (C=O) groups is 1. The van der Waals surface area contributed by atoms with E-state index in [1.165, 1.54) is 22.7 Å². The van der Waals surface area contributed by atoms with Gasteiger partial charge in [-0.1, -0.05) is 13.8 Å². The van der Waals surface area contributed by atoms with E-state index in [4.69, 9.17) is 10.2 Å². The molecule has 0 radical (unpaired) electrons. The van der Waals surface area contributed by atoms with Gasteiger partial charge in [-0.25, -0.2) is 13.4 Å². The number of benzene rings is 1. The molecule has 0 spiro atoms. The summed E-state index contributed by atoms with van der Waals surface area (Å²) in [7, 11) is -3.51. The van der Waals surface area contributed by atoms with Crippen LogP contribution < -0.4 is 11.1 Å². The van der Waals surface area contributed by atoms with Crippen LogP contribution in [0.4, 0.5) is 17.3 Å². The van der Waals surface area contributed by atoms with Crippen LogP contribution in [0.1, 0.15) is 30.0 Å². The minimum Gasteiger partial charge on any atom is -0.461 e. The third-order valence-corrected chi connectivity index (χ3v) is 6.45. The molecule has 9 heteroatoms. The number of nitrogens with two attached hydrogens (primary N) is 1. The fraction of sp³-hybridized carbons (Fsp3) is 0.200. The van der Waals surface area contributed by atoms with Crippen LogP contribution in [0.25, 0.3) is 0 Å². The quantitative estimate of drug-likeness (QED) is 0.543. The van der Waals surface area contributed by atoms with E-state index in [0.717, 1.165) is 0 Å². The second kappa shape index (κ2) is 8.46. The van der Waals surface area contributed by atoms with Crippen LogP contribution in [0.15, 0.2) is 64.1 Å². The van der Waals surface area contributed by atoms with Crippen molar-refractivity contribution in [1.82, 2.24) is 9.29 Å². The average molecular weight is 414 g/mol. The van der Waals surface area contributed by atoms with Crippen molar-refractivity contribution in [3.8, 4) is 0 Å². The minimum absolute atomic E-state index is 0.0668. The van der Waals surface area contributed by atoms with E-state index in [1.54, 1.807) is 50.2 Å². The molecule has 29 heavy (non-hydrogen) atoms. The predicted octanol–water partition coefficient (Wildman–Crippen LogP) is 3.26. The highest BCUT2D eigenvalue weighted by molar-refractivity contribution is 7.89. The highest BCUT2D eigenvalue weighted by atomic mass is 32.2. The lowest BCUT2D eigenvalue weighted by molar-refractivity contribution is 0.101. The summed E-state index contributed by atoms with van der Waals surface area (Å²) < 4.78 is 31.6. The zero-order chi connectivity index (χ0) is 21.0. The molecule has 0 amide bonds. The summed E-state index contributed by atoms with van der Waals surface area (Å²) in [5.41, 5.74) is 6.81. The summed E-state index contributed by atoms with van der Waals surface area (Å²) in [6.45, 7) is 4.41. The van der Waals surface area contributed by atoms with Crippen molar-refractivity contribution in [1.29, 1.82) is 0 Å². The second-order valence-corrected chi connectivity index (χ2v) is 8.11. The first-order valence-electron chi connectivity index (χ1n) is 9.08. The number of anilines is 3. The number of ketones is 1. The maximum Gasteiger partial charge on any atom is 0.243 e. The lowest BCUT2D eigenvalue weighted by Crippen LogP contribution is -2.30. The lowest BCUT2D eigenvalue weighted by atomic mass is 10.1. The van der Waals surface area contributed by atoms with Gasteiger partial charge in [0, 0.05) is 18.8 Å². The number of nitrogen functional groups attached to an aromatic ring is 1. The zero-order valence-corrected chi connectivity index (χ0v) is 16.9. The van der Waals surface area contributed by atoms with Crippen molar-refractivity contribution in [2.75, 3.05) is 24.1 Å². The number of aromatic nitrogens is 1. The Hall–Kier alpha value is -3.17. The number of rotatable bonds is 8. The Balaban J connectivity index is 1.77. The number of sulfonamides is 1. The standard InChI is InChI=1S/C20H22N4O4S/c1-3-24(4-2)29(26,27)15-9-7-14(8-10-15)22-18-12-11-16(20(21)23-18)19(25)17-6-5-13-28-17/h5-13H,3-4H2,1-2H3,(H3,21,22,23). The van der Waals surface area contributed by atoms with Gasteiger partial charge in [0.15, 0.2) is 5.76 Å². The van der Waals surface area contributed by atoms with Gasteiger partial charge in [-0.15, -0.1) is 0 Å². The van der Waals surface area contributed by atoms with Gasteiger partial charge in [-0.3, -0.25) is 4.79 Å². The number of hydrogen-bond donors (Lipinski definition) is 2. The molecule has 152 valence electrons. The Morgan fingerprint density at radius 3 is 2.34 bits per heavy atom. The second-order valence-electron chi connectivity index (χ2n) is 6.17. The summed E-state index contributed by atoms with van der Waals surface area (Å²) in [5.74, 6) is 0.330. The molecule has 0 atom stereocenters. The van der Waals surface area contributed by atoms with Gasteiger partial charge in [0.1, 0.15) is 11.6 Å². The Bertz CT molecular complexity index is 1090. The van der Waals surface area contributed by atoms with Crippen LogP contribution in [0, 0.1) is 0 Å². The molecular weight excluding hydrogens is 392 g/mol. The van der Waals surface area contributed by atoms with Crippen molar-refractivity contribution >= 4 is 33.1 Å². The van der Waals surface area contributed by atoms with E-state index in [-0.39, 0.29) is 27.8 Å². The molecule has 0 unspecified atom stereocenters. The fourth-order valence-corrected chi connectivity index (χ4v) is 4.31. The molecule has 3 aromatic rings. The Morgan fingerprint density at radius 1 is 1.10 bits per heavy atom. The van der Waals surface area contributed by atoms with Gasteiger partial charge in [-0.2, -0.15) is 4.31 Å². The van der Waals surface area contributed by atoms with Crippen molar-refractivity contribution in [3.05, 3.63) is 66.1 Å². The van der Waals surface area contributed by atoms with Gasteiger partial charge in [0.25, 0.3) is 0 Å². The van der Waals surface area contributed by atoms with Gasteiger partial charge in [0.2, 0.25) is 15.8 Å². The molecule has 0 aliphatic rings. The maximum atomic E-state index is 12.5. The third-order valence-electron chi connectivity index (χ3n) is 4.38. The van der Waals surface area contributed by atoms with E-state index in [9.17, 15) is 13.2 Å². The average Bonchev–Trinajstić information content (AvgIpc) is 3.24. The first-order chi connectivity index (χ1) is 13.9. The number of furan rings is 1. The molecule has 3 N–H and O–H groups in total. The SMILES string of the molecule is CCN(CC)S(=O)(=O)c1ccc(Nc2ccc(C(=O)c3ccco3)c(N)n2)cc1. The van der Waals surface area contributed by atoms with E-state index in [2.05, 4.69) is 10.3 Å². The predicted molar refractivity (Wildman–Crippen MR) is 111 cm³/mol. The summed E-state index contributed by atoms with van der Waals surface area (Å²) >= 11 is 0. The smallest absolute Gasteiger partial charge is 0.243 e. The summed E-state index contributed by atoms with van der Waals surface area (Å²) in [6, 6.07) is 12.7. The highest BCUT2D eigenvalue weighted by Crippen LogP contribution is 2.23. The fourth-order valence-electron chi connectivity index (χ4n) is 2.85. The van der Waals surface area contributed by atoms with Crippen molar-refractivity contribution in [2.45, 2.75) is 18.7 Å². The number of nitrogens with zero attached hydrogens (tertiary/aromatic N) is 2. The van der Waals surface area contributed by atoms with Crippen molar-refractivity contribution in [2.24, 2.45) is 0 Å². The Kier molecular flexibility index (Phi) is 6.00. The Labute approximate surface area is 169 Å². The molecule has 0 aliphatic heterocycles. The normalized spacial score (nSPS) is 11.6. The maximum absolute atomic E-state index is 12.5. The van der Waals surface area contributed by atoms with Gasteiger partial charge < -0.3 is 15.5 Å². The third kappa shape index (κ3) is 4.30. The molecule has 3 rings (SSSR count). The molecular formula is C20H22N4O4S. The molecule has 0 bridgehead atoms. The number of hydrogen-bond acceptors (Lipinski definition) is 7. The summed E-state index contributed by atoms with van der Waals surface area (Å²) in [6.07, 6.45) is 1.41. The minimum atomic E-state index is -3.51. The molecule has 0 aliphatic carbocycles. The number of carbonyl (C=O) groups excluding carboxylic acids is 1. The lowest BCUT2D eigenvalue weighted by Gasteiger charge is -2.18. The van der Waals surface area contributed by atoms with Crippen molar-refractivity contribution in [3.63, 3.8) is 0 Å². The van der Waals surface area contributed by atoms with Crippen LogP contribution in [0.2, 0.25) is 0 Å². The van der Waals surface area contributed by atoms with Crippen LogP contribution in [0.5, 0.6) is 0 Å². The van der Waals surface area contributed by atoms with Gasteiger partial charge in [0.05, 0.1) is 16.7 Å². The molecule has 2 aromatic heterocycles. The number of pyridine rings is 1. The van der Waals surface area contributed by atoms with E-state index in [1.807, 2.05) is 0 Å². The van der Waals surface area contributed by atoms with E-state index in [0.29, 0.717) is 24.6 Å². The van der Waals surface area contributed by atoms with Crippen LogP contribution in [-0.4, -0.2) is 36.6 Å².